The molecule has 0 amide bonds. The van der Waals surface area contributed by atoms with Crippen LogP contribution in [0.25, 0.3) is 93.6 Å². The molecule has 12 rings (SSSR count). The van der Waals surface area contributed by atoms with Crippen LogP contribution in [0, 0.1) is 0 Å². The lowest BCUT2D eigenvalue weighted by atomic mass is 9.96. The summed E-state index contributed by atoms with van der Waals surface area (Å²) in [6.07, 6.45) is 0. The average Bonchev–Trinajstić information content (AvgIpc) is 3.88. The highest BCUT2D eigenvalue weighted by atomic mass is 16.3. The van der Waals surface area contributed by atoms with E-state index in [0.717, 1.165) is 66.8 Å². The minimum absolute atomic E-state index is 0.877. The van der Waals surface area contributed by atoms with Crippen molar-refractivity contribution in [3.05, 3.63) is 231 Å². The summed E-state index contributed by atoms with van der Waals surface area (Å²) in [5, 5.41) is 7.06. The molecule has 3 heteroatoms. The predicted molar refractivity (Wildman–Crippen MR) is 257 cm³/mol. The van der Waals surface area contributed by atoms with Crippen molar-refractivity contribution in [2.24, 2.45) is 0 Å². The van der Waals surface area contributed by atoms with Crippen LogP contribution in [0.5, 0.6) is 0 Å². The van der Waals surface area contributed by atoms with Crippen LogP contribution < -0.4 is 4.90 Å². The smallest absolute Gasteiger partial charge is 0.143 e. The average molecular weight is 779 g/mol. The fourth-order valence-electron chi connectivity index (χ4n) is 9.25. The van der Waals surface area contributed by atoms with Gasteiger partial charge in [0.05, 0.1) is 16.7 Å². The molecular weight excluding hydrogens is 741 g/mol. The standard InChI is InChI=1S/C58H38N2O/c1-3-14-39(15-4-1)41-28-32-46(33-29-41)59(47-34-30-42(31-35-47)44-27-26-40-16-7-8-17-43(40)36-44)55-38-56-52(48-20-9-11-24-54(48)60(56)45-18-5-2-6-19-45)37-53(55)51-23-13-22-50-49-21-10-12-25-57(49)61-58(50)51/h1-38H. The molecule has 12 aromatic rings. The zero-order valence-electron chi connectivity index (χ0n) is 33.2. The van der Waals surface area contributed by atoms with E-state index in [1.54, 1.807) is 0 Å². The number of hydrogen-bond donors (Lipinski definition) is 0. The quantitative estimate of drug-likeness (QED) is 0.161. The molecule has 0 atom stereocenters. The van der Waals surface area contributed by atoms with E-state index in [-0.39, 0.29) is 0 Å². The van der Waals surface area contributed by atoms with Crippen molar-refractivity contribution >= 4 is 71.6 Å². The van der Waals surface area contributed by atoms with Gasteiger partial charge in [-0.2, -0.15) is 0 Å². The Morgan fingerprint density at radius 3 is 1.70 bits per heavy atom. The molecular formula is C58H38N2O. The van der Waals surface area contributed by atoms with E-state index in [9.17, 15) is 0 Å². The van der Waals surface area contributed by atoms with E-state index >= 15 is 0 Å². The maximum absolute atomic E-state index is 6.79. The monoisotopic (exact) mass is 778 g/mol. The summed E-state index contributed by atoms with van der Waals surface area (Å²) in [6.45, 7) is 0. The summed E-state index contributed by atoms with van der Waals surface area (Å²) >= 11 is 0. The highest BCUT2D eigenvalue weighted by Crippen LogP contribution is 2.48. The van der Waals surface area contributed by atoms with Crippen molar-refractivity contribution in [1.82, 2.24) is 4.57 Å². The van der Waals surface area contributed by atoms with Crippen molar-refractivity contribution in [1.29, 1.82) is 0 Å². The number of para-hydroxylation sites is 4. The van der Waals surface area contributed by atoms with Crippen molar-refractivity contribution in [2.45, 2.75) is 0 Å². The molecule has 10 aromatic carbocycles. The molecule has 0 aliphatic carbocycles. The topological polar surface area (TPSA) is 21.3 Å². The first-order chi connectivity index (χ1) is 30.2. The lowest BCUT2D eigenvalue weighted by molar-refractivity contribution is 0.670. The largest absolute Gasteiger partial charge is 0.455 e. The zero-order chi connectivity index (χ0) is 40.3. The molecule has 0 fully saturated rings. The van der Waals surface area contributed by atoms with Gasteiger partial charge in [0.2, 0.25) is 0 Å². The Labute approximate surface area is 353 Å². The second kappa shape index (κ2) is 14.3. The summed E-state index contributed by atoms with van der Waals surface area (Å²) in [5.74, 6) is 0. The van der Waals surface area contributed by atoms with Gasteiger partial charge in [-0.25, -0.2) is 0 Å². The maximum atomic E-state index is 6.79. The molecule has 0 spiro atoms. The molecule has 286 valence electrons. The number of fused-ring (bicyclic) bond motifs is 7. The Balaban J connectivity index is 1.14. The number of furan rings is 1. The summed E-state index contributed by atoms with van der Waals surface area (Å²) in [7, 11) is 0. The molecule has 2 aromatic heterocycles. The first kappa shape index (κ1) is 34.9. The second-order valence-electron chi connectivity index (χ2n) is 15.7. The van der Waals surface area contributed by atoms with E-state index in [2.05, 4.69) is 234 Å². The number of benzene rings is 10. The van der Waals surface area contributed by atoms with Gasteiger partial charge in [-0.05, 0) is 99.8 Å². The SMILES string of the molecule is c1ccc(-c2ccc(N(c3ccc(-c4ccc5ccccc5c4)cc3)c3cc4c(cc3-c3cccc5c3oc3ccccc35)c3ccccc3n4-c3ccccc3)cc2)cc1. The summed E-state index contributed by atoms with van der Waals surface area (Å²) in [6, 6.07) is 83.0. The third-order valence-corrected chi connectivity index (χ3v) is 12.2. The number of rotatable bonds is 7. The van der Waals surface area contributed by atoms with E-state index in [1.807, 2.05) is 6.07 Å². The lowest BCUT2D eigenvalue weighted by Crippen LogP contribution is -2.11. The first-order valence-corrected chi connectivity index (χ1v) is 20.8. The van der Waals surface area contributed by atoms with Crippen molar-refractivity contribution < 1.29 is 4.42 Å². The molecule has 0 saturated heterocycles. The number of anilines is 3. The fraction of sp³-hybridized carbons (Fsp3) is 0. The van der Waals surface area contributed by atoms with E-state index in [1.165, 1.54) is 43.8 Å². The van der Waals surface area contributed by atoms with Gasteiger partial charge >= 0.3 is 0 Å². The van der Waals surface area contributed by atoms with Crippen molar-refractivity contribution in [2.75, 3.05) is 4.90 Å². The van der Waals surface area contributed by atoms with Gasteiger partial charge in [-0.15, -0.1) is 0 Å². The van der Waals surface area contributed by atoms with E-state index in [4.69, 9.17) is 4.42 Å². The van der Waals surface area contributed by atoms with E-state index < -0.39 is 0 Å². The van der Waals surface area contributed by atoms with Crippen LogP contribution in [-0.2, 0) is 0 Å². The Morgan fingerprint density at radius 2 is 0.934 bits per heavy atom. The Bertz CT molecular complexity index is 3560. The minimum Gasteiger partial charge on any atom is -0.455 e. The number of hydrogen-bond acceptors (Lipinski definition) is 2. The lowest BCUT2D eigenvalue weighted by Gasteiger charge is -2.29. The molecule has 3 nitrogen and oxygen atoms in total. The zero-order valence-corrected chi connectivity index (χ0v) is 33.2. The van der Waals surface area contributed by atoms with Gasteiger partial charge in [0.25, 0.3) is 0 Å². The van der Waals surface area contributed by atoms with Gasteiger partial charge in [-0.3, -0.25) is 0 Å². The number of aromatic nitrogens is 1. The highest BCUT2D eigenvalue weighted by Gasteiger charge is 2.24. The van der Waals surface area contributed by atoms with Crippen LogP contribution in [0.15, 0.2) is 235 Å². The molecule has 0 aliphatic heterocycles. The molecule has 0 aliphatic rings. The number of nitrogens with zero attached hydrogens (tertiary/aromatic N) is 2. The van der Waals surface area contributed by atoms with Crippen LogP contribution in [0.1, 0.15) is 0 Å². The predicted octanol–water partition coefficient (Wildman–Crippen LogP) is 16.3. The molecule has 61 heavy (non-hydrogen) atoms. The van der Waals surface area contributed by atoms with Gasteiger partial charge in [0.1, 0.15) is 11.2 Å². The summed E-state index contributed by atoms with van der Waals surface area (Å²) < 4.78 is 9.20. The molecule has 2 heterocycles. The molecule has 0 unspecified atom stereocenters. The molecule has 0 N–H and O–H groups in total. The maximum Gasteiger partial charge on any atom is 0.143 e. The normalized spacial score (nSPS) is 11.6. The first-order valence-electron chi connectivity index (χ1n) is 20.8. The van der Waals surface area contributed by atoms with Gasteiger partial charge in [-0.1, -0.05) is 164 Å². The molecule has 0 saturated carbocycles. The Hall–Kier alpha value is -8.14. The van der Waals surface area contributed by atoms with E-state index in [0.29, 0.717) is 0 Å². The molecule has 0 radical (unpaired) electrons. The van der Waals surface area contributed by atoms with Gasteiger partial charge in [0, 0.05) is 49.7 Å². The van der Waals surface area contributed by atoms with Crippen LogP contribution in [0.3, 0.4) is 0 Å². The van der Waals surface area contributed by atoms with Crippen molar-refractivity contribution in [3.8, 4) is 39.1 Å². The van der Waals surface area contributed by atoms with Gasteiger partial charge in [0.15, 0.2) is 0 Å². The Morgan fingerprint density at radius 1 is 0.344 bits per heavy atom. The third kappa shape index (κ3) is 5.90. The summed E-state index contributed by atoms with van der Waals surface area (Å²) in [5.41, 5.74) is 15.2. The Kier molecular flexibility index (Phi) is 8.17. The van der Waals surface area contributed by atoms with Crippen LogP contribution in [0.4, 0.5) is 17.1 Å². The van der Waals surface area contributed by atoms with Crippen LogP contribution >= 0.6 is 0 Å². The third-order valence-electron chi connectivity index (χ3n) is 12.2. The summed E-state index contributed by atoms with van der Waals surface area (Å²) in [4.78, 5) is 2.42. The van der Waals surface area contributed by atoms with Crippen LogP contribution in [0.2, 0.25) is 0 Å². The van der Waals surface area contributed by atoms with Gasteiger partial charge < -0.3 is 13.9 Å². The molecule has 0 bridgehead atoms. The highest BCUT2D eigenvalue weighted by molar-refractivity contribution is 6.16. The minimum atomic E-state index is 0.877. The fourth-order valence-corrected chi connectivity index (χ4v) is 9.25. The van der Waals surface area contributed by atoms with Crippen molar-refractivity contribution in [3.63, 3.8) is 0 Å². The second-order valence-corrected chi connectivity index (χ2v) is 15.7. The van der Waals surface area contributed by atoms with Crippen LogP contribution in [-0.4, -0.2) is 4.57 Å².